The average molecular weight is 520 g/mol. The zero-order valence-corrected chi connectivity index (χ0v) is 18.1. The van der Waals surface area contributed by atoms with Crippen LogP contribution in [0.5, 0.6) is 0 Å². The molecule has 0 radical (unpaired) electrons. The summed E-state index contributed by atoms with van der Waals surface area (Å²) in [5.74, 6) is -2.23. The lowest BCUT2D eigenvalue weighted by Crippen LogP contribution is -2.68. The van der Waals surface area contributed by atoms with Crippen molar-refractivity contribution >= 4 is 11.1 Å². The number of hydrogen-bond donors (Lipinski definition) is 2. The van der Waals surface area contributed by atoms with E-state index in [9.17, 15) is 44.7 Å². The van der Waals surface area contributed by atoms with Crippen molar-refractivity contribution in [2.24, 2.45) is 11.7 Å². The zero-order valence-electron chi connectivity index (χ0n) is 18.1. The molecule has 1 aromatic rings. The molecule has 0 bridgehead atoms. The summed E-state index contributed by atoms with van der Waals surface area (Å²) in [5.41, 5.74) is -3.24. The summed E-state index contributed by atoms with van der Waals surface area (Å²) < 4.78 is 125. The van der Waals surface area contributed by atoms with Crippen LogP contribution in [0, 0.1) is 5.92 Å². The number of likely N-dealkylation sites (tertiary alicyclic amines) is 1. The Labute approximate surface area is 190 Å². The molecule has 3 aliphatic rings. The van der Waals surface area contributed by atoms with Gasteiger partial charge < -0.3 is 5.73 Å². The molecule has 1 aliphatic heterocycles. The highest BCUT2D eigenvalue weighted by atomic mass is 19.4. The van der Waals surface area contributed by atoms with Gasteiger partial charge in [0.2, 0.25) is 5.54 Å². The number of rotatable bonds is 4. The molecule has 0 aromatic carbocycles. The number of nitrogens with one attached hydrogen (secondary N) is 1. The molecule has 15 heteroatoms. The summed E-state index contributed by atoms with van der Waals surface area (Å²) in [4.78, 5) is 27.7. The molecule has 3 atom stereocenters. The van der Waals surface area contributed by atoms with E-state index in [0.717, 1.165) is 9.47 Å². The number of alkyl halides is 9. The molecule has 0 spiro atoms. The van der Waals surface area contributed by atoms with Crippen molar-refractivity contribution in [3.63, 3.8) is 0 Å². The summed E-state index contributed by atoms with van der Waals surface area (Å²) in [6, 6.07) is -2.18. The Hall–Kier alpha value is -2.29. The quantitative estimate of drug-likeness (QED) is 0.587. The molecule has 0 amide bonds. The van der Waals surface area contributed by atoms with Gasteiger partial charge in [0.05, 0.1) is 16.6 Å². The van der Waals surface area contributed by atoms with Crippen molar-refractivity contribution in [2.75, 3.05) is 13.1 Å². The van der Waals surface area contributed by atoms with Crippen LogP contribution in [0.15, 0.2) is 9.59 Å². The lowest BCUT2D eigenvalue weighted by atomic mass is 9.82. The zero-order chi connectivity index (χ0) is 26.2. The molecular formula is C20H21F9N4O2. The van der Waals surface area contributed by atoms with Gasteiger partial charge in [0.25, 0.3) is 12.0 Å². The Bertz CT molecular complexity index is 1250. The van der Waals surface area contributed by atoms with Gasteiger partial charge in [-0.05, 0) is 38.3 Å². The minimum atomic E-state index is -5.88. The van der Waals surface area contributed by atoms with Crippen LogP contribution in [-0.2, 0) is 0 Å². The Balaban J connectivity index is 1.88. The van der Waals surface area contributed by atoms with E-state index in [4.69, 9.17) is 5.73 Å². The van der Waals surface area contributed by atoms with Crippen molar-refractivity contribution in [3.8, 4) is 0 Å². The fourth-order valence-electron chi connectivity index (χ4n) is 5.28. The van der Waals surface area contributed by atoms with Gasteiger partial charge in [0.1, 0.15) is 6.17 Å². The van der Waals surface area contributed by atoms with Gasteiger partial charge in [-0.3, -0.25) is 19.2 Å². The van der Waals surface area contributed by atoms with Crippen LogP contribution in [0.1, 0.15) is 32.2 Å². The first-order chi connectivity index (χ1) is 16.0. The predicted octanol–water partition coefficient (Wildman–Crippen LogP) is 1.32. The molecule has 3 unspecified atom stereocenters. The van der Waals surface area contributed by atoms with Crippen LogP contribution < -0.4 is 27.6 Å². The van der Waals surface area contributed by atoms with Crippen LogP contribution in [0.3, 0.4) is 0 Å². The Morgan fingerprint density at radius 2 is 1.60 bits per heavy atom. The van der Waals surface area contributed by atoms with E-state index in [0.29, 0.717) is 12.8 Å². The molecule has 1 saturated carbocycles. The maximum Gasteiger partial charge on any atom is 0.415 e. The van der Waals surface area contributed by atoms with Crippen LogP contribution in [0.2, 0.25) is 0 Å². The Morgan fingerprint density at radius 1 is 1.03 bits per heavy atom. The van der Waals surface area contributed by atoms with Gasteiger partial charge >= 0.3 is 18.0 Å². The topological polar surface area (TPSA) is 84.1 Å². The summed E-state index contributed by atoms with van der Waals surface area (Å²) in [5, 5.41) is -1.01. The largest absolute Gasteiger partial charge is 0.415 e. The molecular weight excluding hydrogens is 499 g/mol. The van der Waals surface area contributed by atoms with E-state index in [-0.39, 0.29) is 10.9 Å². The second kappa shape index (κ2) is 8.11. The number of aromatic nitrogens is 2. The van der Waals surface area contributed by atoms with Crippen molar-refractivity contribution in [2.45, 2.75) is 68.8 Å². The molecule has 35 heavy (non-hydrogen) atoms. The van der Waals surface area contributed by atoms with Crippen LogP contribution in [0.25, 0.3) is 11.1 Å². The minimum absolute atomic E-state index is 0.103. The monoisotopic (exact) mass is 520 g/mol. The predicted molar refractivity (Wildman–Crippen MR) is 105 cm³/mol. The molecule has 6 nitrogen and oxygen atoms in total. The third-order valence-electron chi connectivity index (χ3n) is 7.17. The van der Waals surface area contributed by atoms with E-state index in [1.165, 1.54) is 6.92 Å². The first-order valence-corrected chi connectivity index (χ1v) is 10.7. The SMILES string of the molecule is CC1=c2c(c(=O)[nH]c(=O)n2C2CC2)=C(C(F)F)C(F)C1N1CCC(C(N)(C(F)(F)F)C(F)(F)F)C1. The van der Waals surface area contributed by atoms with E-state index in [2.05, 4.69) is 0 Å². The summed E-state index contributed by atoms with van der Waals surface area (Å²) in [6.45, 7) is -0.256. The van der Waals surface area contributed by atoms with Crippen LogP contribution >= 0.6 is 0 Å². The summed E-state index contributed by atoms with van der Waals surface area (Å²) in [6.07, 6.45) is -17.7. The molecule has 4 rings (SSSR count). The first-order valence-electron chi connectivity index (χ1n) is 10.7. The molecule has 2 fully saturated rings. The Morgan fingerprint density at radius 3 is 2.09 bits per heavy atom. The first kappa shape index (κ1) is 25.8. The molecule has 196 valence electrons. The Kier molecular flexibility index (Phi) is 5.98. The van der Waals surface area contributed by atoms with Gasteiger partial charge in [0.15, 0.2) is 0 Å². The molecule has 3 N–H and O–H groups in total. The van der Waals surface area contributed by atoms with E-state index >= 15 is 4.39 Å². The number of nitrogens with zero attached hydrogens (tertiary/aromatic N) is 2. The van der Waals surface area contributed by atoms with Crippen molar-refractivity contribution in [1.29, 1.82) is 0 Å². The highest BCUT2D eigenvalue weighted by Crippen LogP contribution is 2.49. The van der Waals surface area contributed by atoms with Crippen molar-refractivity contribution in [3.05, 3.63) is 31.4 Å². The second-order valence-corrected chi connectivity index (χ2v) is 9.21. The standard InChI is InChI=1S/C20H21F9N4O2/c1-7-13-11(16(34)31-17(35)33(13)9-2-3-9)10(15(22)23)12(21)14(7)32-5-4-8(6-32)18(30,19(24,25)26)20(27,28)29/h8-9,12,14-15H,2-6,30H2,1H3,(H,31,34,35). The molecule has 2 heterocycles. The van der Waals surface area contributed by atoms with E-state index < -0.39 is 90.0 Å². The minimum Gasteiger partial charge on any atom is -0.310 e. The number of H-pyrrole nitrogens is 1. The van der Waals surface area contributed by atoms with Crippen molar-refractivity contribution < 1.29 is 39.5 Å². The fourth-order valence-corrected chi connectivity index (χ4v) is 5.28. The van der Waals surface area contributed by atoms with Crippen LogP contribution in [-0.4, -0.2) is 64.1 Å². The fraction of sp³-hybridized carbons (Fsp3) is 0.700. The maximum atomic E-state index is 15.6. The van der Waals surface area contributed by atoms with Gasteiger partial charge in [-0.1, -0.05) is 0 Å². The van der Waals surface area contributed by atoms with E-state index in [1.807, 2.05) is 4.98 Å². The third-order valence-corrected chi connectivity index (χ3v) is 7.17. The number of aromatic amines is 1. The van der Waals surface area contributed by atoms with Crippen molar-refractivity contribution in [1.82, 2.24) is 14.5 Å². The second-order valence-electron chi connectivity index (χ2n) is 9.21. The van der Waals surface area contributed by atoms with Gasteiger partial charge in [-0.15, -0.1) is 0 Å². The summed E-state index contributed by atoms with van der Waals surface area (Å²) in [7, 11) is 0. The highest BCUT2D eigenvalue weighted by molar-refractivity contribution is 5.65. The molecule has 1 saturated heterocycles. The number of hydrogen-bond acceptors (Lipinski definition) is 4. The van der Waals surface area contributed by atoms with Gasteiger partial charge in [0, 0.05) is 24.1 Å². The number of fused-ring (bicyclic) bond motifs is 1. The van der Waals surface area contributed by atoms with Gasteiger partial charge in [-0.25, -0.2) is 18.0 Å². The molecule has 2 aliphatic carbocycles. The lowest BCUT2D eigenvalue weighted by molar-refractivity contribution is -0.310. The maximum absolute atomic E-state index is 15.6. The normalized spacial score (nSPS) is 26.6. The average Bonchev–Trinajstić information content (AvgIpc) is 3.42. The third kappa shape index (κ3) is 3.81. The van der Waals surface area contributed by atoms with Gasteiger partial charge in [-0.2, -0.15) is 26.3 Å². The number of halogens is 9. The molecule has 1 aromatic heterocycles. The number of nitrogens with two attached hydrogens (primary N) is 1. The highest BCUT2D eigenvalue weighted by Gasteiger charge is 2.72. The lowest BCUT2D eigenvalue weighted by Gasteiger charge is -2.39. The van der Waals surface area contributed by atoms with Crippen LogP contribution in [0.4, 0.5) is 39.5 Å². The smallest absolute Gasteiger partial charge is 0.310 e. The summed E-state index contributed by atoms with van der Waals surface area (Å²) >= 11 is 0. The van der Waals surface area contributed by atoms with E-state index in [1.54, 1.807) is 0 Å².